The van der Waals surface area contributed by atoms with Crippen LogP contribution in [0.5, 0.6) is 11.5 Å². The highest BCUT2D eigenvalue weighted by Crippen LogP contribution is 2.48. The molecule has 192 valence electrons. The van der Waals surface area contributed by atoms with Gasteiger partial charge in [0.05, 0.1) is 48.2 Å². The van der Waals surface area contributed by atoms with E-state index >= 15 is 0 Å². The molecule has 2 aromatic carbocycles. The quantitative estimate of drug-likeness (QED) is 0.460. The second-order valence-corrected chi connectivity index (χ2v) is 11.1. The highest BCUT2D eigenvalue weighted by molar-refractivity contribution is 8.03. The Kier molecular flexibility index (Phi) is 7.86. The SMILES string of the molecule is COc1ccc(NC(=O)CSC2=C(C#N)[C@H](c3ccc(Cl)cc3)C3=C(CC(C)(C)CC3=O)N2)c(OC)c1. The third-order valence-electron chi connectivity index (χ3n) is 6.36. The van der Waals surface area contributed by atoms with Crippen LogP contribution in [0.25, 0.3) is 0 Å². The zero-order chi connectivity index (χ0) is 26.7. The van der Waals surface area contributed by atoms with Crippen molar-refractivity contribution in [3.63, 3.8) is 0 Å². The molecule has 0 spiro atoms. The smallest absolute Gasteiger partial charge is 0.234 e. The Morgan fingerprint density at radius 1 is 1.19 bits per heavy atom. The van der Waals surface area contributed by atoms with Crippen molar-refractivity contribution in [1.82, 2.24) is 5.32 Å². The summed E-state index contributed by atoms with van der Waals surface area (Å²) in [5.41, 5.74) is 2.96. The largest absolute Gasteiger partial charge is 0.497 e. The summed E-state index contributed by atoms with van der Waals surface area (Å²) in [6.45, 7) is 4.11. The minimum atomic E-state index is -0.519. The van der Waals surface area contributed by atoms with Gasteiger partial charge >= 0.3 is 0 Å². The molecule has 4 rings (SSSR count). The number of nitrogens with zero attached hydrogens (tertiary/aromatic N) is 1. The second-order valence-electron chi connectivity index (χ2n) is 9.70. The van der Waals surface area contributed by atoms with Crippen LogP contribution in [0.1, 0.15) is 38.2 Å². The van der Waals surface area contributed by atoms with Gasteiger partial charge in [-0.2, -0.15) is 5.26 Å². The molecule has 1 heterocycles. The predicted molar refractivity (Wildman–Crippen MR) is 146 cm³/mol. The third kappa shape index (κ3) is 5.79. The molecule has 9 heteroatoms. The lowest BCUT2D eigenvalue weighted by Crippen LogP contribution is -2.37. The summed E-state index contributed by atoms with van der Waals surface area (Å²) in [6.07, 6.45) is 1.07. The van der Waals surface area contributed by atoms with Gasteiger partial charge in [-0.3, -0.25) is 9.59 Å². The third-order valence-corrected chi connectivity index (χ3v) is 7.63. The molecule has 0 aromatic heterocycles. The van der Waals surface area contributed by atoms with Crippen LogP contribution >= 0.6 is 23.4 Å². The molecule has 0 saturated heterocycles. The molecule has 1 aliphatic carbocycles. The minimum absolute atomic E-state index is 0.0276. The summed E-state index contributed by atoms with van der Waals surface area (Å²) in [7, 11) is 3.07. The molecule has 0 saturated carbocycles. The summed E-state index contributed by atoms with van der Waals surface area (Å²) in [5.74, 6) is 0.389. The van der Waals surface area contributed by atoms with Crippen LogP contribution in [0.4, 0.5) is 5.69 Å². The van der Waals surface area contributed by atoms with Crippen LogP contribution in [0.3, 0.4) is 0 Å². The lowest BCUT2D eigenvalue weighted by atomic mass is 9.69. The van der Waals surface area contributed by atoms with Gasteiger partial charge in [0.15, 0.2) is 5.78 Å². The topological polar surface area (TPSA) is 100 Å². The number of rotatable bonds is 7. The number of halogens is 1. The van der Waals surface area contributed by atoms with Gasteiger partial charge in [0.1, 0.15) is 11.5 Å². The van der Waals surface area contributed by atoms with E-state index in [1.54, 1.807) is 37.4 Å². The number of ketones is 1. The number of methoxy groups -OCH3 is 2. The van der Waals surface area contributed by atoms with E-state index in [4.69, 9.17) is 21.1 Å². The molecule has 0 unspecified atom stereocenters. The zero-order valence-electron chi connectivity index (χ0n) is 21.1. The molecule has 0 bridgehead atoms. The first-order chi connectivity index (χ1) is 17.7. The first-order valence-corrected chi connectivity index (χ1v) is 13.1. The van der Waals surface area contributed by atoms with Crippen molar-refractivity contribution in [1.29, 1.82) is 5.26 Å². The lowest BCUT2D eigenvalue weighted by Gasteiger charge is -2.39. The van der Waals surface area contributed by atoms with E-state index in [1.807, 2.05) is 12.1 Å². The van der Waals surface area contributed by atoms with Crippen molar-refractivity contribution in [3.8, 4) is 17.6 Å². The maximum Gasteiger partial charge on any atom is 0.234 e. The van der Waals surface area contributed by atoms with Crippen molar-refractivity contribution in [2.45, 2.75) is 32.6 Å². The number of carbonyl (C=O) groups excluding carboxylic acids is 2. The molecule has 1 atom stereocenters. The molecule has 2 aliphatic rings. The van der Waals surface area contributed by atoms with E-state index in [0.29, 0.717) is 51.2 Å². The first kappa shape index (κ1) is 26.6. The van der Waals surface area contributed by atoms with Crippen LogP contribution < -0.4 is 20.1 Å². The number of allylic oxidation sites excluding steroid dienone is 3. The average Bonchev–Trinajstić information content (AvgIpc) is 2.86. The van der Waals surface area contributed by atoms with E-state index in [0.717, 1.165) is 11.3 Å². The number of Topliss-reactive ketones (excluding diaryl/α,β-unsaturated/α-hetero) is 1. The molecule has 2 aromatic rings. The van der Waals surface area contributed by atoms with Crippen LogP contribution in [0, 0.1) is 16.7 Å². The van der Waals surface area contributed by atoms with Gasteiger partial charge in [-0.25, -0.2) is 0 Å². The Morgan fingerprint density at radius 2 is 1.92 bits per heavy atom. The molecule has 1 amide bonds. The Bertz CT molecular complexity index is 1340. The maximum atomic E-state index is 13.3. The molecule has 1 aliphatic heterocycles. The number of hydrogen-bond donors (Lipinski definition) is 2. The highest BCUT2D eigenvalue weighted by Gasteiger charge is 2.42. The number of thioether (sulfide) groups is 1. The summed E-state index contributed by atoms with van der Waals surface area (Å²) in [4.78, 5) is 26.2. The number of anilines is 1. The Hall–Kier alpha value is -3.41. The predicted octanol–water partition coefficient (Wildman–Crippen LogP) is 5.79. The van der Waals surface area contributed by atoms with Crippen LogP contribution in [-0.2, 0) is 9.59 Å². The number of dihydropyridines is 1. The normalized spacial score (nSPS) is 18.5. The van der Waals surface area contributed by atoms with Crippen molar-refractivity contribution in [2.75, 3.05) is 25.3 Å². The Balaban J connectivity index is 1.62. The zero-order valence-corrected chi connectivity index (χ0v) is 22.7. The first-order valence-electron chi connectivity index (χ1n) is 11.7. The molecular formula is C28H28ClN3O4S. The van der Waals surface area contributed by atoms with Crippen LogP contribution in [0.15, 0.2) is 64.3 Å². The van der Waals surface area contributed by atoms with Crippen LogP contribution in [0.2, 0.25) is 5.02 Å². The maximum absolute atomic E-state index is 13.3. The van der Waals surface area contributed by atoms with Gasteiger partial charge in [-0.1, -0.05) is 49.3 Å². The van der Waals surface area contributed by atoms with Gasteiger partial charge in [0.25, 0.3) is 0 Å². The van der Waals surface area contributed by atoms with Crippen molar-refractivity contribution < 1.29 is 19.1 Å². The fourth-order valence-electron chi connectivity index (χ4n) is 4.70. The van der Waals surface area contributed by atoms with Gasteiger partial charge in [-0.05, 0) is 41.7 Å². The van der Waals surface area contributed by atoms with Crippen molar-refractivity contribution >= 4 is 40.7 Å². The number of ether oxygens (including phenoxy) is 2. The summed E-state index contributed by atoms with van der Waals surface area (Å²) in [6, 6.07) is 14.6. The molecular weight excluding hydrogens is 510 g/mol. The van der Waals surface area contributed by atoms with Crippen molar-refractivity contribution in [3.05, 3.63) is 74.9 Å². The van der Waals surface area contributed by atoms with Gasteiger partial charge in [-0.15, -0.1) is 0 Å². The minimum Gasteiger partial charge on any atom is -0.497 e. The van der Waals surface area contributed by atoms with E-state index in [-0.39, 0.29) is 22.9 Å². The number of hydrogen-bond acceptors (Lipinski definition) is 7. The fraction of sp³-hybridized carbons (Fsp3) is 0.321. The summed E-state index contributed by atoms with van der Waals surface area (Å²) >= 11 is 7.34. The van der Waals surface area contributed by atoms with Crippen LogP contribution in [-0.4, -0.2) is 31.7 Å². The number of carbonyl (C=O) groups is 2. The van der Waals surface area contributed by atoms with Gasteiger partial charge in [0.2, 0.25) is 5.91 Å². The van der Waals surface area contributed by atoms with E-state index in [2.05, 4.69) is 30.6 Å². The molecule has 0 fully saturated rings. The Labute approximate surface area is 225 Å². The number of nitrogens with one attached hydrogen (secondary N) is 2. The lowest BCUT2D eigenvalue weighted by molar-refractivity contribution is -0.118. The summed E-state index contributed by atoms with van der Waals surface area (Å²) in [5, 5.41) is 17.5. The summed E-state index contributed by atoms with van der Waals surface area (Å²) < 4.78 is 10.6. The second kappa shape index (κ2) is 10.9. The molecule has 2 N–H and O–H groups in total. The van der Waals surface area contributed by atoms with Gasteiger partial charge < -0.3 is 20.1 Å². The number of amides is 1. The Morgan fingerprint density at radius 3 is 2.57 bits per heavy atom. The van der Waals surface area contributed by atoms with Gasteiger partial charge in [0, 0.05) is 28.8 Å². The number of benzene rings is 2. The standard InChI is InChI=1S/C28H28ClN3O4S/c1-28(2)12-21-26(22(33)13-28)25(16-5-7-17(29)8-6-16)19(14-30)27(32-21)37-15-24(34)31-20-10-9-18(35-3)11-23(20)36-4/h5-11,25,32H,12-13,15H2,1-4H3,(H,31,34)/t25-/m0/s1. The monoisotopic (exact) mass is 537 g/mol. The fourth-order valence-corrected chi connectivity index (χ4v) is 5.69. The molecule has 37 heavy (non-hydrogen) atoms. The average molecular weight is 538 g/mol. The van der Waals surface area contributed by atoms with E-state index in [9.17, 15) is 14.9 Å². The van der Waals surface area contributed by atoms with Crippen molar-refractivity contribution in [2.24, 2.45) is 5.41 Å². The molecule has 7 nitrogen and oxygen atoms in total. The number of nitriles is 1. The molecule has 0 radical (unpaired) electrons. The van der Waals surface area contributed by atoms with E-state index < -0.39 is 5.92 Å². The van der Waals surface area contributed by atoms with E-state index in [1.165, 1.54) is 18.9 Å². The highest BCUT2D eigenvalue weighted by atomic mass is 35.5.